The van der Waals surface area contributed by atoms with Crippen molar-refractivity contribution in [1.29, 1.82) is 0 Å². The van der Waals surface area contributed by atoms with E-state index >= 15 is 0 Å². The highest BCUT2D eigenvalue weighted by Crippen LogP contribution is 2.35. The van der Waals surface area contributed by atoms with Gasteiger partial charge in [-0.25, -0.2) is 15.0 Å². The summed E-state index contributed by atoms with van der Waals surface area (Å²) in [6.45, 7) is 6.15. The number of ether oxygens (including phenoxy) is 2. The van der Waals surface area contributed by atoms with Gasteiger partial charge in [-0.1, -0.05) is 0 Å². The van der Waals surface area contributed by atoms with Crippen molar-refractivity contribution >= 4 is 33.3 Å². The predicted octanol–water partition coefficient (Wildman–Crippen LogP) is 1.48. The molecule has 2 saturated heterocycles. The minimum absolute atomic E-state index is 0.201. The van der Waals surface area contributed by atoms with Crippen molar-refractivity contribution in [2.45, 2.75) is 6.54 Å². The average molecular weight is 511 g/mol. The van der Waals surface area contributed by atoms with E-state index in [9.17, 15) is 4.79 Å². The molecular weight excluding hydrogens is 480 g/mol. The molecular formula is C25H30N6O4S. The fourth-order valence-corrected chi connectivity index (χ4v) is 5.42. The summed E-state index contributed by atoms with van der Waals surface area (Å²) in [6, 6.07) is 5.89. The number of hydrogen-bond donors (Lipinski definition) is 1. The van der Waals surface area contributed by atoms with Gasteiger partial charge >= 0.3 is 0 Å². The molecule has 2 aliphatic heterocycles. The van der Waals surface area contributed by atoms with Crippen LogP contribution in [0.4, 0.5) is 5.82 Å². The zero-order chi connectivity index (χ0) is 25.5. The van der Waals surface area contributed by atoms with Gasteiger partial charge in [-0.3, -0.25) is 9.69 Å². The first kappa shape index (κ1) is 25.8. The van der Waals surface area contributed by atoms with Crippen LogP contribution in [-0.4, -0.2) is 102 Å². The second-order valence-corrected chi connectivity index (χ2v) is 9.44. The molecule has 0 aromatic carbocycles. The molecule has 0 atom stereocenters. The number of anilines is 1. The number of thiophene rings is 1. The number of hydrogen-bond acceptors (Lipinski definition) is 10. The lowest BCUT2D eigenvalue weighted by atomic mass is 10.2. The third-order valence-corrected chi connectivity index (χ3v) is 7.26. The Morgan fingerprint density at radius 1 is 1.14 bits per heavy atom. The summed E-state index contributed by atoms with van der Waals surface area (Å²) in [5.41, 5.74) is 1.77. The number of carbonyl (C=O) groups excluding carboxylic acids is 1. The molecule has 3 aromatic rings. The number of carbonyl (C=O) groups is 1. The summed E-state index contributed by atoms with van der Waals surface area (Å²) in [5.74, 6) is 1.93. The van der Waals surface area contributed by atoms with E-state index < -0.39 is 6.61 Å². The summed E-state index contributed by atoms with van der Waals surface area (Å²) in [4.78, 5) is 33.4. The van der Waals surface area contributed by atoms with E-state index in [0.717, 1.165) is 54.3 Å². The molecule has 2 fully saturated rings. The van der Waals surface area contributed by atoms with Crippen LogP contribution >= 0.6 is 11.3 Å². The topological polar surface area (TPSA) is 104 Å². The van der Waals surface area contributed by atoms with E-state index in [1.54, 1.807) is 29.5 Å². The number of morpholine rings is 1. The van der Waals surface area contributed by atoms with E-state index in [1.807, 2.05) is 12.1 Å². The number of piperazine rings is 1. The zero-order valence-electron chi connectivity index (χ0n) is 20.3. The van der Waals surface area contributed by atoms with Crippen LogP contribution in [0.5, 0.6) is 5.88 Å². The van der Waals surface area contributed by atoms with Gasteiger partial charge in [0.25, 0.3) is 0 Å². The SMILES string of the molecule is C#C.COc1ccc(-c2nc(N3CCOCC3)c3sc(CN4CCN(C(=O)CO)CC4)cc3n2)cn1. The minimum atomic E-state index is -0.425. The lowest BCUT2D eigenvalue weighted by Crippen LogP contribution is -2.49. The molecule has 0 unspecified atom stereocenters. The Morgan fingerprint density at radius 3 is 2.53 bits per heavy atom. The Morgan fingerprint density at radius 2 is 1.89 bits per heavy atom. The first-order valence-corrected chi connectivity index (χ1v) is 12.5. The standard InChI is InChI=1S/C23H28N6O4S.C2H2/c1-32-19-3-2-16(13-24-19)22-25-18-12-17(14-27-4-6-28(7-5-27)20(31)15-30)34-21(18)23(26-22)29-8-10-33-11-9-29;1-2/h2-3,12-13,30H,4-11,14-15H2,1H3;1-2H. The molecule has 3 aromatic heterocycles. The second-order valence-electron chi connectivity index (χ2n) is 8.30. The number of nitrogens with zero attached hydrogens (tertiary/aromatic N) is 6. The zero-order valence-corrected chi connectivity index (χ0v) is 21.1. The van der Waals surface area contributed by atoms with Crippen LogP contribution in [0, 0.1) is 12.8 Å². The summed E-state index contributed by atoms with van der Waals surface area (Å²) in [6.07, 6.45) is 9.74. The number of fused-ring (bicyclic) bond motifs is 1. The van der Waals surface area contributed by atoms with Crippen LogP contribution in [0.15, 0.2) is 24.4 Å². The van der Waals surface area contributed by atoms with E-state index in [-0.39, 0.29) is 5.91 Å². The van der Waals surface area contributed by atoms with Gasteiger partial charge in [-0.05, 0) is 12.1 Å². The quantitative estimate of drug-likeness (QED) is 0.494. The van der Waals surface area contributed by atoms with Gasteiger partial charge in [-0.15, -0.1) is 24.2 Å². The monoisotopic (exact) mass is 510 g/mol. The lowest BCUT2D eigenvalue weighted by Gasteiger charge is -2.34. The van der Waals surface area contributed by atoms with Gasteiger partial charge < -0.3 is 24.4 Å². The molecule has 36 heavy (non-hydrogen) atoms. The first-order chi connectivity index (χ1) is 17.6. The van der Waals surface area contributed by atoms with Gasteiger partial charge in [0.05, 0.1) is 30.5 Å². The van der Waals surface area contributed by atoms with Crippen LogP contribution in [0.3, 0.4) is 0 Å². The highest BCUT2D eigenvalue weighted by atomic mass is 32.1. The molecule has 0 saturated carbocycles. The normalized spacial score (nSPS) is 16.4. The maximum Gasteiger partial charge on any atom is 0.248 e. The summed E-state index contributed by atoms with van der Waals surface area (Å²) in [7, 11) is 1.60. The fourth-order valence-electron chi connectivity index (χ4n) is 4.27. The van der Waals surface area contributed by atoms with Gasteiger partial charge in [0, 0.05) is 68.5 Å². The van der Waals surface area contributed by atoms with Crippen molar-refractivity contribution < 1.29 is 19.4 Å². The number of terminal acetylenes is 1. The molecule has 5 rings (SSSR count). The van der Waals surface area contributed by atoms with E-state index in [4.69, 9.17) is 24.5 Å². The molecule has 2 aliphatic rings. The van der Waals surface area contributed by atoms with Gasteiger partial charge in [0.15, 0.2) is 11.6 Å². The molecule has 11 heteroatoms. The van der Waals surface area contributed by atoms with Crippen molar-refractivity contribution in [3.63, 3.8) is 0 Å². The molecule has 0 aliphatic carbocycles. The van der Waals surface area contributed by atoms with E-state index in [1.165, 1.54) is 4.88 Å². The molecule has 0 radical (unpaired) electrons. The largest absolute Gasteiger partial charge is 0.481 e. The molecule has 190 valence electrons. The Kier molecular flexibility index (Phi) is 8.66. The predicted molar refractivity (Wildman–Crippen MR) is 139 cm³/mol. The van der Waals surface area contributed by atoms with Crippen molar-refractivity contribution in [3.8, 4) is 30.1 Å². The maximum atomic E-state index is 11.7. The van der Waals surface area contributed by atoms with Gasteiger partial charge in [0.1, 0.15) is 6.61 Å². The van der Waals surface area contributed by atoms with Crippen LogP contribution in [0.2, 0.25) is 0 Å². The molecule has 0 spiro atoms. The summed E-state index contributed by atoms with van der Waals surface area (Å²) < 4.78 is 11.8. The molecule has 1 N–H and O–H groups in total. The fraction of sp³-hybridized carbons (Fsp3) is 0.440. The Bertz CT molecular complexity index is 1180. The number of amides is 1. The smallest absolute Gasteiger partial charge is 0.248 e. The summed E-state index contributed by atoms with van der Waals surface area (Å²) in [5, 5.41) is 9.10. The number of methoxy groups -OCH3 is 1. The van der Waals surface area contributed by atoms with E-state index in [2.05, 4.69) is 33.7 Å². The Hall–Kier alpha value is -3.30. The molecule has 10 nitrogen and oxygen atoms in total. The van der Waals surface area contributed by atoms with Crippen LogP contribution in [-0.2, 0) is 16.1 Å². The minimum Gasteiger partial charge on any atom is -0.481 e. The maximum absolute atomic E-state index is 11.7. The highest BCUT2D eigenvalue weighted by Gasteiger charge is 2.23. The van der Waals surface area contributed by atoms with Crippen molar-refractivity contribution in [2.75, 3.05) is 71.1 Å². The number of aromatic nitrogens is 3. The third kappa shape index (κ3) is 5.74. The lowest BCUT2D eigenvalue weighted by molar-refractivity contribution is -0.135. The van der Waals surface area contributed by atoms with Crippen LogP contribution in [0.1, 0.15) is 4.88 Å². The van der Waals surface area contributed by atoms with E-state index in [0.29, 0.717) is 38.0 Å². The average Bonchev–Trinajstić information content (AvgIpc) is 3.36. The van der Waals surface area contributed by atoms with Crippen molar-refractivity contribution in [1.82, 2.24) is 24.8 Å². The van der Waals surface area contributed by atoms with Gasteiger partial charge in [0.2, 0.25) is 11.8 Å². The second kappa shape index (κ2) is 12.1. The molecule has 0 bridgehead atoms. The highest BCUT2D eigenvalue weighted by molar-refractivity contribution is 7.19. The molecule has 5 heterocycles. The Labute approximate surface area is 214 Å². The number of rotatable bonds is 6. The number of aliphatic hydroxyl groups excluding tert-OH is 1. The molecule has 1 amide bonds. The number of pyridine rings is 1. The Balaban J connectivity index is 0.00000148. The van der Waals surface area contributed by atoms with Crippen molar-refractivity contribution in [2.24, 2.45) is 0 Å². The summed E-state index contributed by atoms with van der Waals surface area (Å²) >= 11 is 1.73. The third-order valence-electron chi connectivity index (χ3n) is 6.16. The van der Waals surface area contributed by atoms with Gasteiger partial charge in [-0.2, -0.15) is 0 Å². The first-order valence-electron chi connectivity index (χ1n) is 11.7. The van der Waals surface area contributed by atoms with Crippen LogP contribution in [0.25, 0.3) is 21.6 Å². The number of aliphatic hydroxyl groups is 1. The van der Waals surface area contributed by atoms with Crippen LogP contribution < -0.4 is 9.64 Å². The van der Waals surface area contributed by atoms with Crippen molar-refractivity contribution in [3.05, 3.63) is 29.3 Å².